The van der Waals surface area contributed by atoms with Gasteiger partial charge in [-0.15, -0.1) is 0 Å². The summed E-state index contributed by atoms with van der Waals surface area (Å²) in [6.07, 6.45) is -1.58. The molecule has 0 aliphatic rings. The summed E-state index contributed by atoms with van der Waals surface area (Å²) in [6.45, 7) is -0.141. The molecule has 80 valence electrons. The maximum absolute atomic E-state index is 12.7. The van der Waals surface area contributed by atoms with Crippen LogP contribution in [0.25, 0.3) is 0 Å². The van der Waals surface area contributed by atoms with Crippen molar-refractivity contribution in [3.63, 3.8) is 0 Å². The summed E-state index contributed by atoms with van der Waals surface area (Å²) in [5.74, 6) is 0.0324. The third kappa shape index (κ3) is 2.02. The average Bonchev–Trinajstić information content (AvgIpc) is 2.26. The van der Waals surface area contributed by atoms with Crippen LogP contribution in [0.15, 0.2) is 6.20 Å². The second-order valence-electron chi connectivity index (χ2n) is 2.68. The molecule has 1 aromatic rings. The van der Waals surface area contributed by atoms with Gasteiger partial charge in [0.2, 0.25) is 0 Å². The van der Waals surface area contributed by atoms with Crippen molar-refractivity contribution in [1.29, 1.82) is 5.26 Å². The van der Waals surface area contributed by atoms with Crippen molar-refractivity contribution in [2.45, 2.75) is 13.0 Å². The second-order valence-corrected chi connectivity index (χ2v) is 2.68. The first-order valence-electron chi connectivity index (χ1n) is 4.09. The Morgan fingerprint density at radius 2 is 2.33 bits per heavy atom. The SMILES string of the molecule is COc1cnc(CN)c(C(F)F)c1C#N. The zero-order valence-electron chi connectivity index (χ0n) is 8.00. The minimum Gasteiger partial charge on any atom is -0.494 e. The first-order valence-corrected chi connectivity index (χ1v) is 4.09. The summed E-state index contributed by atoms with van der Waals surface area (Å²) >= 11 is 0. The van der Waals surface area contributed by atoms with Crippen LogP contribution >= 0.6 is 0 Å². The van der Waals surface area contributed by atoms with E-state index in [9.17, 15) is 8.78 Å². The van der Waals surface area contributed by atoms with E-state index in [0.717, 1.165) is 0 Å². The van der Waals surface area contributed by atoms with Crippen molar-refractivity contribution < 1.29 is 13.5 Å². The van der Waals surface area contributed by atoms with Crippen LogP contribution < -0.4 is 10.5 Å². The number of nitriles is 1. The first kappa shape index (κ1) is 11.3. The molecule has 0 bridgehead atoms. The Morgan fingerprint density at radius 3 is 2.73 bits per heavy atom. The Morgan fingerprint density at radius 1 is 1.67 bits per heavy atom. The van der Waals surface area contributed by atoms with E-state index in [4.69, 9.17) is 15.7 Å². The van der Waals surface area contributed by atoms with Gasteiger partial charge in [-0.1, -0.05) is 0 Å². The van der Waals surface area contributed by atoms with Gasteiger partial charge in [0.1, 0.15) is 11.6 Å². The van der Waals surface area contributed by atoms with E-state index in [2.05, 4.69) is 4.98 Å². The van der Waals surface area contributed by atoms with E-state index < -0.39 is 12.0 Å². The van der Waals surface area contributed by atoms with E-state index >= 15 is 0 Å². The van der Waals surface area contributed by atoms with Gasteiger partial charge in [-0.05, 0) is 0 Å². The highest BCUT2D eigenvalue weighted by Gasteiger charge is 2.21. The number of halogens is 2. The molecule has 0 aliphatic carbocycles. The van der Waals surface area contributed by atoms with Crippen LogP contribution in [-0.4, -0.2) is 12.1 Å². The number of ether oxygens (including phenoxy) is 1. The van der Waals surface area contributed by atoms with Crippen LogP contribution in [0, 0.1) is 11.3 Å². The first-order chi connectivity index (χ1) is 7.15. The number of nitrogens with zero attached hydrogens (tertiary/aromatic N) is 2. The summed E-state index contributed by atoms with van der Waals surface area (Å²) < 4.78 is 30.1. The van der Waals surface area contributed by atoms with Gasteiger partial charge < -0.3 is 10.5 Å². The molecular weight excluding hydrogens is 204 g/mol. The van der Waals surface area contributed by atoms with Gasteiger partial charge in [-0.25, -0.2) is 8.78 Å². The van der Waals surface area contributed by atoms with E-state index in [1.165, 1.54) is 13.3 Å². The highest BCUT2D eigenvalue weighted by atomic mass is 19.3. The van der Waals surface area contributed by atoms with E-state index in [-0.39, 0.29) is 23.6 Å². The lowest BCUT2D eigenvalue weighted by Crippen LogP contribution is -2.08. The lowest BCUT2D eigenvalue weighted by atomic mass is 10.1. The van der Waals surface area contributed by atoms with E-state index in [0.29, 0.717) is 0 Å². The molecule has 1 rings (SSSR count). The predicted octanol–water partition coefficient (Wildman–Crippen LogP) is 1.36. The minimum absolute atomic E-state index is 0.0161. The Labute approximate surface area is 85.3 Å². The van der Waals surface area contributed by atoms with Gasteiger partial charge >= 0.3 is 0 Å². The number of hydrogen-bond acceptors (Lipinski definition) is 4. The van der Waals surface area contributed by atoms with Gasteiger partial charge in [0.15, 0.2) is 5.75 Å². The molecule has 0 saturated heterocycles. The molecular formula is C9H9F2N3O. The predicted molar refractivity (Wildman–Crippen MR) is 48.4 cm³/mol. The molecule has 0 unspecified atom stereocenters. The van der Waals surface area contributed by atoms with Crippen molar-refractivity contribution in [3.8, 4) is 11.8 Å². The summed E-state index contributed by atoms with van der Waals surface area (Å²) in [5.41, 5.74) is 4.62. The standard InChI is InChI=1S/C9H9F2N3O/c1-15-7-4-14-6(3-13)8(9(10)11)5(7)2-12/h4,9H,3,13H2,1H3. The average molecular weight is 213 g/mol. The maximum atomic E-state index is 12.7. The molecule has 0 fully saturated rings. The topological polar surface area (TPSA) is 71.9 Å². The van der Waals surface area contributed by atoms with Gasteiger partial charge in [0.25, 0.3) is 6.43 Å². The number of methoxy groups -OCH3 is 1. The molecule has 1 heterocycles. The number of rotatable bonds is 3. The largest absolute Gasteiger partial charge is 0.494 e. The fourth-order valence-electron chi connectivity index (χ4n) is 1.22. The smallest absolute Gasteiger partial charge is 0.267 e. The van der Waals surface area contributed by atoms with Crippen LogP contribution in [0.4, 0.5) is 8.78 Å². The van der Waals surface area contributed by atoms with Crippen molar-refractivity contribution >= 4 is 0 Å². The Bertz CT molecular complexity index is 401. The molecule has 1 aromatic heterocycles. The van der Waals surface area contributed by atoms with Crippen LogP contribution in [-0.2, 0) is 6.54 Å². The Hall–Kier alpha value is -1.74. The van der Waals surface area contributed by atoms with Gasteiger partial charge in [-0.2, -0.15) is 5.26 Å². The van der Waals surface area contributed by atoms with Crippen molar-refractivity contribution in [3.05, 3.63) is 23.0 Å². The molecule has 0 spiro atoms. The molecule has 6 heteroatoms. The number of alkyl halides is 2. The van der Waals surface area contributed by atoms with E-state index in [1.807, 2.05) is 0 Å². The summed E-state index contributed by atoms with van der Waals surface area (Å²) in [5, 5.41) is 8.77. The van der Waals surface area contributed by atoms with Crippen LogP contribution in [0.5, 0.6) is 5.75 Å². The lowest BCUT2D eigenvalue weighted by molar-refractivity contribution is 0.149. The van der Waals surface area contributed by atoms with Crippen LogP contribution in [0.2, 0.25) is 0 Å². The van der Waals surface area contributed by atoms with Crippen molar-refractivity contribution in [2.75, 3.05) is 7.11 Å². The maximum Gasteiger partial charge on any atom is 0.267 e. The Balaban J connectivity index is 3.46. The molecule has 0 radical (unpaired) electrons. The zero-order chi connectivity index (χ0) is 11.4. The van der Waals surface area contributed by atoms with E-state index in [1.54, 1.807) is 6.07 Å². The normalized spacial score (nSPS) is 10.1. The number of nitrogens with two attached hydrogens (primary N) is 1. The lowest BCUT2D eigenvalue weighted by Gasteiger charge is -2.10. The molecule has 15 heavy (non-hydrogen) atoms. The van der Waals surface area contributed by atoms with Crippen LogP contribution in [0.3, 0.4) is 0 Å². The highest BCUT2D eigenvalue weighted by Crippen LogP contribution is 2.30. The zero-order valence-corrected chi connectivity index (χ0v) is 8.00. The third-order valence-electron chi connectivity index (χ3n) is 1.91. The second kappa shape index (κ2) is 4.66. The highest BCUT2D eigenvalue weighted by molar-refractivity contribution is 5.49. The molecule has 0 aromatic carbocycles. The molecule has 4 nitrogen and oxygen atoms in total. The molecule has 2 N–H and O–H groups in total. The number of pyridine rings is 1. The molecule has 0 aliphatic heterocycles. The van der Waals surface area contributed by atoms with Gasteiger partial charge in [-0.3, -0.25) is 4.98 Å². The number of aromatic nitrogens is 1. The van der Waals surface area contributed by atoms with Crippen molar-refractivity contribution in [2.24, 2.45) is 5.73 Å². The monoisotopic (exact) mass is 213 g/mol. The van der Waals surface area contributed by atoms with Gasteiger partial charge in [0, 0.05) is 6.54 Å². The molecule has 0 atom stereocenters. The van der Waals surface area contributed by atoms with Crippen molar-refractivity contribution in [1.82, 2.24) is 4.98 Å². The summed E-state index contributed by atoms with van der Waals surface area (Å²) in [7, 11) is 1.29. The Kier molecular flexibility index (Phi) is 3.52. The molecule has 0 amide bonds. The summed E-state index contributed by atoms with van der Waals surface area (Å²) in [4.78, 5) is 3.72. The quantitative estimate of drug-likeness (QED) is 0.822. The third-order valence-corrected chi connectivity index (χ3v) is 1.91. The van der Waals surface area contributed by atoms with Gasteiger partial charge in [0.05, 0.1) is 24.6 Å². The summed E-state index contributed by atoms with van der Waals surface area (Å²) in [6, 6.07) is 1.67. The van der Waals surface area contributed by atoms with Crippen LogP contribution in [0.1, 0.15) is 23.2 Å². The molecule has 0 saturated carbocycles. The fraction of sp³-hybridized carbons (Fsp3) is 0.333. The fourth-order valence-corrected chi connectivity index (χ4v) is 1.22. The minimum atomic E-state index is -2.79. The number of hydrogen-bond donors (Lipinski definition) is 1.